The molecule has 14 heavy (non-hydrogen) atoms. The maximum absolute atomic E-state index is 11.2. The topological polar surface area (TPSA) is 54.4 Å². The zero-order chi connectivity index (χ0) is 10.8. The number of unbranched alkanes of at least 4 members (excludes halogenated alkanes) is 4. The molecule has 0 saturated heterocycles. The van der Waals surface area contributed by atoms with Crippen LogP contribution in [0.3, 0.4) is 0 Å². The molecule has 4 heteroatoms. The molecule has 0 aliphatic heterocycles. The minimum Gasteiger partial charge on any atom is -0.481 e. The molecule has 84 valence electrons. The Kier molecular flexibility index (Phi) is 8.94. The molecule has 0 heterocycles. The van der Waals surface area contributed by atoms with Gasteiger partial charge in [-0.05, 0) is 6.42 Å². The third kappa shape index (κ3) is 9.71. The van der Waals surface area contributed by atoms with Gasteiger partial charge in [0.15, 0.2) is 0 Å². The standard InChI is InChI=1S/C10H20O3S/c1-2-3-4-5-6-8-14(13)9-7-10(11)12/h2-9H2,1H3,(H,11,12). The molecule has 0 aromatic rings. The molecule has 0 aromatic heterocycles. The highest BCUT2D eigenvalue weighted by molar-refractivity contribution is 7.84. The van der Waals surface area contributed by atoms with Crippen LogP contribution in [0.2, 0.25) is 0 Å². The van der Waals surface area contributed by atoms with Crippen molar-refractivity contribution in [3.05, 3.63) is 0 Å². The molecule has 3 nitrogen and oxygen atoms in total. The van der Waals surface area contributed by atoms with E-state index < -0.39 is 16.8 Å². The number of aliphatic carboxylic acids is 1. The summed E-state index contributed by atoms with van der Waals surface area (Å²) in [4.78, 5) is 10.2. The highest BCUT2D eigenvalue weighted by Crippen LogP contribution is 2.03. The normalized spacial score (nSPS) is 12.6. The van der Waals surface area contributed by atoms with Crippen molar-refractivity contribution in [1.82, 2.24) is 0 Å². The van der Waals surface area contributed by atoms with Crippen LogP contribution < -0.4 is 0 Å². The first-order valence-electron chi connectivity index (χ1n) is 5.23. The summed E-state index contributed by atoms with van der Waals surface area (Å²) >= 11 is 0. The van der Waals surface area contributed by atoms with Crippen LogP contribution in [0.15, 0.2) is 0 Å². The summed E-state index contributed by atoms with van der Waals surface area (Å²) in [5, 5.41) is 8.37. The fourth-order valence-electron chi connectivity index (χ4n) is 1.17. The maximum Gasteiger partial charge on any atom is 0.304 e. The molecule has 0 bridgehead atoms. The Bertz CT molecular complexity index is 180. The zero-order valence-electron chi connectivity index (χ0n) is 8.83. The molecule has 0 aliphatic rings. The lowest BCUT2D eigenvalue weighted by atomic mass is 10.2. The van der Waals surface area contributed by atoms with E-state index in [1.807, 2.05) is 0 Å². The SMILES string of the molecule is CCCCCCCS(=O)CCC(=O)O. The van der Waals surface area contributed by atoms with Crippen LogP contribution in [0.25, 0.3) is 0 Å². The molecular weight excluding hydrogens is 200 g/mol. The molecule has 0 aromatic carbocycles. The highest BCUT2D eigenvalue weighted by Gasteiger charge is 2.03. The Morgan fingerprint density at radius 2 is 1.79 bits per heavy atom. The number of hydrogen-bond acceptors (Lipinski definition) is 2. The fraction of sp³-hybridized carbons (Fsp3) is 0.900. The summed E-state index contributed by atoms with van der Waals surface area (Å²) in [6.07, 6.45) is 5.76. The van der Waals surface area contributed by atoms with E-state index in [0.717, 1.165) is 12.8 Å². The molecule has 1 unspecified atom stereocenters. The van der Waals surface area contributed by atoms with E-state index in [1.54, 1.807) is 0 Å². The third-order valence-corrected chi connectivity index (χ3v) is 3.42. The Morgan fingerprint density at radius 3 is 2.36 bits per heavy atom. The van der Waals surface area contributed by atoms with E-state index in [2.05, 4.69) is 6.92 Å². The van der Waals surface area contributed by atoms with Crippen molar-refractivity contribution in [2.24, 2.45) is 0 Å². The monoisotopic (exact) mass is 220 g/mol. The lowest BCUT2D eigenvalue weighted by molar-refractivity contribution is -0.136. The summed E-state index contributed by atoms with van der Waals surface area (Å²) in [7, 11) is -0.927. The number of rotatable bonds is 9. The van der Waals surface area contributed by atoms with Crippen molar-refractivity contribution in [3.8, 4) is 0 Å². The molecule has 0 radical (unpaired) electrons. The van der Waals surface area contributed by atoms with Gasteiger partial charge >= 0.3 is 5.97 Å². The maximum atomic E-state index is 11.2. The molecule has 0 fully saturated rings. The Morgan fingerprint density at radius 1 is 1.14 bits per heavy atom. The third-order valence-electron chi connectivity index (χ3n) is 2.02. The van der Waals surface area contributed by atoms with Gasteiger partial charge in [-0.1, -0.05) is 32.6 Å². The van der Waals surface area contributed by atoms with Gasteiger partial charge in [0.2, 0.25) is 0 Å². The quantitative estimate of drug-likeness (QED) is 0.606. The van der Waals surface area contributed by atoms with Crippen molar-refractivity contribution in [1.29, 1.82) is 0 Å². The Labute approximate surface area is 88.4 Å². The van der Waals surface area contributed by atoms with E-state index in [1.165, 1.54) is 19.3 Å². The van der Waals surface area contributed by atoms with Gasteiger partial charge in [0.05, 0.1) is 6.42 Å². The highest BCUT2D eigenvalue weighted by atomic mass is 32.2. The first-order valence-corrected chi connectivity index (χ1v) is 6.72. The van der Waals surface area contributed by atoms with Gasteiger partial charge < -0.3 is 5.11 Å². The van der Waals surface area contributed by atoms with Crippen molar-refractivity contribution in [3.63, 3.8) is 0 Å². The summed E-state index contributed by atoms with van der Waals surface area (Å²) in [5.41, 5.74) is 0. The summed E-state index contributed by atoms with van der Waals surface area (Å²) in [6.45, 7) is 2.16. The number of carboxylic acids is 1. The molecular formula is C10H20O3S. The molecule has 0 aliphatic carbocycles. The van der Waals surface area contributed by atoms with Gasteiger partial charge in [-0.2, -0.15) is 0 Å². The van der Waals surface area contributed by atoms with Crippen LogP contribution in [0.1, 0.15) is 45.4 Å². The predicted octanol–water partition coefficient (Wildman–Crippen LogP) is 2.18. The van der Waals surface area contributed by atoms with Crippen LogP contribution >= 0.6 is 0 Å². The molecule has 0 saturated carbocycles. The lowest BCUT2D eigenvalue weighted by Gasteiger charge is -2.00. The molecule has 1 N–H and O–H groups in total. The molecule has 1 atom stereocenters. The van der Waals surface area contributed by atoms with Gasteiger partial charge in [-0.3, -0.25) is 9.00 Å². The van der Waals surface area contributed by atoms with Crippen molar-refractivity contribution < 1.29 is 14.1 Å². The number of carboxylic acid groups (broad SMARTS) is 1. The van der Waals surface area contributed by atoms with Crippen LogP contribution in [0.4, 0.5) is 0 Å². The van der Waals surface area contributed by atoms with Crippen molar-refractivity contribution in [2.45, 2.75) is 45.4 Å². The van der Waals surface area contributed by atoms with E-state index in [0.29, 0.717) is 11.5 Å². The Hall–Kier alpha value is -0.380. The average molecular weight is 220 g/mol. The summed E-state index contributed by atoms with van der Waals surface area (Å²) in [5.74, 6) is 0.115. The number of carbonyl (C=O) groups is 1. The average Bonchev–Trinajstić information content (AvgIpc) is 2.14. The van der Waals surface area contributed by atoms with E-state index >= 15 is 0 Å². The predicted molar refractivity (Wildman–Crippen MR) is 58.9 cm³/mol. The van der Waals surface area contributed by atoms with Crippen LogP contribution in [0.5, 0.6) is 0 Å². The van der Waals surface area contributed by atoms with Gasteiger partial charge in [0, 0.05) is 22.3 Å². The van der Waals surface area contributed by atoms with E-state index in [9.17, 15) is 9.00 Å². The first-order chi connectivity index (χ1) is 6.66. The fourth-order valence-corrected chi connectivity index (χ4v) is 2.30. The second-order valence-electron chi connectivity index (χ2n) is 3.41. The van der Waals surface area contributed by atoms with Crippen molar-refractivity contribution >= 4 is 16.8 Å². The Balaban J connectivity index is 3.22. The van der Waals surface area contributed by atoms with E-state index in [4.69, 9.17) is 5.11 Å². The van der Waals surface area contributed by atoms with E-state index in [-0.39, 0.29) is 6.42 Å². The second kappa shape index (κ2) is 9.19. The van der Waals surface area contributed by atoms with Gasteiger partial charge in [0.1, 0.15) is 0 Å². The number of hydrogen-bond donors (Lipinski definition) is 1. The van der Waals surface area contributed by atoms with Crippen LogP contribution in [0, 0.1) is 0 Å². The smallest absolute Gasteiger partial charge is 0.304 e. The lowest BCUT2D eigenvalue weighted by Crippen LogP contribution is -2.07. The van der Waals surface area contributed by atoms with Crippen LogP contribution in [-0.4, -0.2) is 26.8 Å². The largest absolute Gasteiger partial charge is 0.481 e. The van der Waals surface area contributed by atoms with Gasteiger partial charge in [-0.15, -0.1) is 0 Å². The van der Waals surface area contributed by atoms with Gasteiger partial charge in [0.25, 0.3) is 0 Å². The first kappa shape index (κ1) is 13.6. The minimum absolute atomic E-state index is 0.0293. The summed E-state index contributed by atoms with van der Waals surface area (Å²) < 4.78 is 11.2. The second-order valence-corrected chi connectivity index (χ2v) is 5.10. The van der Waals surface area contributed by atoms with Gasteiger partial charge in [-0.25, -0.2) is 0 Å². The molecule has 0 rings (SSSR count). The van der Waals surface area contributed by atoms with Crippen LogP contribution in [-0.2, 0) is 15.6 Å². The minimum atomic E-state index is -0.927. The zero-order valence-corrected chi connectivity index (χ0v) is 9.65. The summed E-state index contributed by atoms with van der Waals surface area (Å²) in [6, 6.07) is 0. The van der Waals surface area contributed by atoms with Crippen molar-refractivity contribution in [2.75, 3.05) is 11.5 Å². The molecule has 0 amide bonds. The molecule has 0 spiro atoms.